The summed E-state index contributed by atoms with van der Waals surface area (Å²) in [5.41, 5.74) is 2.32. The van der Waals surface area contributed by atoms with Crippen LogP contribution in [0.4, 0.5) is 16.2 Å². The third kappa shape index (κ3) is 3.00. The third-order valence-corrected chi connectivity index (χ3v) is 3.50. The molecule has 2 aromatic carbocycles. The highest BCUT2D eigenvalue weighted by Crippen LogP contribution is 2.30. The summed E-state index contributed by atoms with van der Waals surface area (Å²) in [5.74, 6) is 0. The van der Waals surface area contributed by atoms with Crippen LogP contribution in [0.5, 0.6) is 0 Å². The number of nitrogens with one attached hydrogen (secondary N) is 1. The van der Waals surface area contributed by atoms with Crippen molar-refractivity contribution in [2.45, 2.75) is 0 Å². The first kappa shape index (κ1) is 15.4. The Labute approximate surface area is 137 Å². The number of fused-ring (bicyclic) bond motifs is 1. The Balaban J connectivity index is 2.03. The fourth-order valence-corrected chi connectivity index (χ4v) is 2.35. The molecule has 120 valence electrons. The zero-order valence-electron chi connectivity index (χ0n) is 12.7. The highest BCUT2D eigenvalue weighted by Gasteiger charge is 2.15. The van der Waals surface area contributed by atoms with Gasteiger partial charge in [-0.25, -0.2) is 9.78 Å². The summed E-state index contributed by atoms with van der Waals surface area (Å²) in [5, 5.41) is 14.4. The number of nitrogens with zero attached hydrogens (tertiary/aromatic N) is 2. The molecule has 1 amide bonds. The van der Waals surface area contributed by atoms with Crippen LogP contribution in [0.2, 0.25) is 0 Å². The lowest BCUT2D eigenvalue weighted by Gasteiger charge is -2.07. The van der Waals surface area contributed by atoms with E-state index in [4.69, 9.17) is 0 Å². The molecule has 1 aromatic heterocycles. The molecule has 0 saturated carbocycles. The molecule has 1 N–H and O–H groups in total. The Morgan fingerprint density at radius 2 is 1.88 bits per heavy atom. The Bertz CT molecular complexity index is 923. The van der Waals surface area contributed by atoms with Gasteiger partial charge in [0.15, 0.2) is 0 Å². The van der Waals surface area contributed by atoms with Crippen molar-refractivity contribution < 1.29 is 14.5 Å². The quantitative estimate of drug-likeness (QED) is 0.581. The van der Waals surface area contributed by atoms with Crippen LogP contribution in [-0.4, -0.2) is 23.1 Å². The number of carbonyl (C=O) groups excluding carboxylic acids is 1. The van der Waals surface area contributed by atoms with Gasteiger partial charge < -0.3 is 4.74 Å². The summed E-state index contributed by atoms with van der Waals surface area (Å²) >= 11 is 0. The number of methoxy groups -OCH3 is 1. The largest absolute Gasteiger partial charge is 0.453 e. The second kappa shape index (κ2) is 6.33. The van der Waals surface area contributed by atoms with Gasteiger partial charge in [-0.1, -0.05) is 24.3 Å². The van der Waals surface area contributed by atoms with Gasteiger partial charge in [-0.15, -0.1) is 0 Å². The first-order chi connectivity index (χ1) is 11.6. The molecule has 0 saturated heterocycles. The van der Waals surface area contributed by atoms with Crippen molar-refractivity contribution in [3.05, 3.63) is 64.7 Å². The Morgan fingerprint density at radius 3 is 2.54 bits per heavy atom. The molecule has 3 rings (SSSR count). The number of nitro groups is 1. The van der Waals surface area contributed by atoms with E-state index in [9.17, 15) is 14.9 Å². The summed E-state index contributed by atoms with van der Waals surface area (Å²) in [6.45, 7) is 0. The number of hydrogen-bond donors (Lipinski definition) is 1. The number of aromatic nitrogens is 1. The average molecular weight is 323 g/mol. The van der Waals surface area contributed by atoms with Crippen LogP contribution in [0.25, 0.3) is 22.2 Å². The van der Waals surface area contributed by atoms with E-state index in [1.807, 2.05) is 0 Å². The average Bonchev–Trinajstić information content (AvgIpc) is 2.61. The summed E-state index contributed by atoms with van der Waals surface area (Å²) in [6.07, 6.45) is -0.567. The number of para-hydroxylation sites is 1. The fourth-order valence-electron chi connectivity index (χ4n) is 2.35. The maximum Gasteiger partial charge on any atom is 0.411 e. The minimum Gasteiger partial charge on any atom is -0.453 e. The molecule has 0 unspecified atom stereocenters. The molecule has 0 spiro atoms. The van der Waals surface area contributed by atoms with Crippen molar-refractivity contribution in [2.75, 3.05) is 12.4 Å². The number of ether oxygens (including phenoxy) is 1. The SMILES string of the molecule is COC(=O)Nc1ccc(-c2cc([N+](=O)[O-])c3ccccc3n2)cc1. The van der Waals surface area contributed by atoms with Crippen LogP contribution < -0.4 is 5.32 Å². The van der Waals surface area contributed by atoms with Gasteiger partial charge in [0.25, 0.3) is 5.69 Å². The Morgan fingerprint density at radius 1 is 1.17 bits per heavy atom. The highest BCUT2D eigenvalue weighted by atomic mass is 16.6. The van der Waals surface area contributed by atoms with Crippen LogP contribution in [0.15, 0.2) is 54.6 Å². The summed E-state index contributed by atoms with van der Waals surface area (Å²) in [7, 11) is 1.28. The molecule has 0 aliphatic rings. The van der Waals surface area contributed by atoms with Gasteiger partial charge in [-0.3, -0.25) is 15.4 Å². The van der Waals surface area contributed by atoms with Crippen LogP contribution >= 0.6 is 0 Å². The minimum atomic E-state index is -0.567. The van der Waals surface area contributed by atoms with Crippen molar-refractivity contribution in [2.24, 2.45) is 0 Å². The monoisotopic (exact) mass is 323 g/mol. The molecule has 0 aliphatic heterocycles. The van der Waals surface area contributed by atoms with E-state index < -0.39 is 11.0 Å². The topological polar surface area (TPSA) is 94.4 Å². The van der Waals surface area contributed by atoms with Gasteiger partial charge in [-0.2, -0.15) is 0 Å². The normalized spacial score (nSPS) is 10.4. The molecule has 1 heterocycles. The standard InChI is InChI=1S/C17H13N3O4/c1-24-17(21)18-12-8-6-11(7-9-12)15-10-16(20(22)23)13-4-2-3-5-14(13)19-15/h2-10H,1H3,(H,18,21). The van der Waals surface area contributed by atoms with E-state index in [0.717, 1.165) is 0 Å². The first-order valence-electron chi connectivity index (χ1n) is 7.08. The number of rotatable bonds is 3. The van der Waals surface area contributed by atoms with Crippen molar-refractivity contribution in [3.8, 4) is 11.3 Å². The maximum atomic E-state index is 11.3. The summed E-state index contributed by atoms with van der Waals surface area (Å²) in [6, 6.07) is 15.2. The number of amides is 1. The van der Waals surface area contributed by atoms with Gasteiger partial charge in [0.1, 0.15) is 0 Å². The lowest BCUT2D eigenvalue weighted by molar-refractivity contribution is -0.383. The van der Waals surface area contributed by atoms with Gasteiger partial charge >= 0.3 is 6.09 Å². The molecule has 0 radical (unpaired) electrons. The highest BCUT2D eigenvalue weighted by molar-refractivity contribution is 5.90. The molecule has 7 nitrogen and oxygen atoms in total. The van der Waals surface area contributed by atoms with E-state index in [-0.39, 0.29) is 5.69 Å². The first-order valence-corrected chi connectivity index (χ1v) is 7.08. The number of hydrogen-bond acceptors (Lipinski definition) is 5. The van der Waals surface area contributed by atoms with Crippen LogP contribution in [-0.2, 0) is 4.74 Å². The van der Waals surface area contributed by atoms with Crippen LogP contribution in [0.3, 0.4) is 0 Å². The molecule has 7 heteroatoms. The molecule has 0 aliphatic carbocycles. The smallest absolute Gasteiger partial charge is 0.411 e. The number of benzene rings is 2. The predicted molar refractivity (Wildman–Crippen MR) is 89.9 cm³/mol. The Kier molecular flexibility index (Phi) is 4.07. The van der Waals surface area contributed by atoms with Crippen molar-refractivity contribution >= 4 is 28.4 Å². The second-order valence-electron chi connectivity index (χ2n) is 4.99. The van der Waals surface area contributed by atoms with E-state index in [1.165, 1.54) is 13.2 Å². The molecular formula is C17H13N3O4. The second-order valence-corrected chi connectivity index (χ2v) is 4.99. The van der Waals surface area contributed by atoms with Gasteiger partial charge in [-0.05, 0) is 24.3 Å². The molecule has 24 heavy (non-hydrogen) atoms. The minimum absolute atomic E-state index is 0.00682. The van der Waals surface area contributed by atoms with E-state index in [0.29, 0.717) is 27.8 Å². The lowest BCUT2D eigenvalue weighted by Crippen LogP contribution is -2.10. The molecule has 3 aromatic rings. The zero-order valence-corrected chi connectivity index (χ0v) is 12.7. The van der Waals surface area contributed by atoms with Crippen LogP contribution in [0, 0.1) is 10.1 Å². The van der Waals surface area contributed by atoms with Gasteiger partial charge in [0.05, 0.1) is 28.6 Å². The van der Waals surface area contributed by atoms with E-state index in [1.54, 1.807) is 48.5 Å². The molecule has 0 bridgehead atoms. The van der Waals surface area contributed by atoms with Crippen LogP contribution in [0.1, 0.15) is 0 Å². The molecule has 0 fully saturated rings. The van der Waals surface area contributed by atoms with Crippen molar-refractivity contribution in [3.63, 3.8) is 0 Å². The summed E-state index contributed by atoms with van der Waals surface area (Å²) in [4.78, 5) is 26.6. The molecular weight excluding hydrogens is 310 g/mol. The van der Waals surface area contributed by atoms with Gasteiger partial charge in [0.2, 0.25) is 0 Å². The number of anilines is 1. The predicted octanol–water partition coefficient (Wildman–Crippen LogP) is 3.99. The van der Waals surface area contributed by atoms with Crippen molar-refractivity contribution in [1.29, 1.82) is 0 Å². The number of carbonyl (C=O) groups is 1. The molecule has 0 atom stereocenters. The Hall–Kier alpha value is -3.48. The van der Waals surface area contributed by atoms with E-state index >= 15 is 0 Å². The van der Waals surface area contributed by atoms with E-state index in [2.05, 4.69) is 15.0 Å². The van der Waals surface area contributed by atoms with Gasteiger partial charge in [0, 0.05) is 17.3 Å². The maximum absolute atomic E-state index is 11.3. The third-order valence-electron chi connectivity index (χ3n) is 3.50. The zero-order chi connectivity index (χ0) is 17.1. The summed E-state index contributed by atoms with van der Waals surface area (Å²) < 4.78 is 4.52. The van der Waals surface area contributed by atoms with Crippen molar-refractivity contribution in [1.82, 2.24) is 4.98 Å². The fraction of sp³-hybridized carbons (Fsp3) is 0.0588. The number of pyridine rings is 1. The lowest BCUT2D eigenvalue weighted by atomic mass is 10.1.